The van der Waals surface area contributed by atoms with Crippen LogP contribution >= 0.6 is 11.6 Å². The van der Waals surface area contributed by atoms with E-state index in [1.807, 2.05) is 24.3 Å². The lowest BCUT2D eigenvalue weighted by Gasteiger charge is -2.33. The van der Waals surface area contributed by atoms with Gasteiger partial charge < -0.3 is 19.2 Å². The molecule has 3 aliphatic rings. The van der Waals surface area contributed by atoms with Gasteiger partial charge in [0.2, 0.25) is 5.82 Å². The Balaban J connectivity index is 1.06. The van der Waals surface area contributed by atoms with Crippen LogP contribution < -0.4 is 9.47 Å². The molecule has 2 aromatic heterocycles. The molecule has 2 atom stereocenters. The minimum Gasteiger partial charge on any atom is -0.444 e. The average molecular weight is 658 g/mol. The van der Waals surface area contributed by atoms with E-state index in [-0.39, 0.29) is 23.4 Å². The fraction of sp³-hybridized carbons (Fsp3) is 0.424. The summed E-state index contributed by atoms with van der Waals surface area (Å²) in [6, 6.07) is 12.1. The SMILES string of the molecule is C[C@]1(c2ccc(Cl)cc2F)Oc2cccc(C3CCN(Cc4ncc(-c5nnc(C(F)(F)F)[nH]5)cc4CC4CCCO4)CC3)c2O1. The number of nitrogens with zero attached hydrogens (tertiary/aromatic N) is 4. The number of aromatic amines is 1. The molecule has 8 nitrogen and oxygen atoms in total. The van der Waals surface area contributed by atoms with Crippen molar-refractivity contribution < 1.29 is 31.8 Å². The summed E-state index contributed by atoms with van der Waals surface area (Å²) in [6.07, 6.45) is 1.22. The maximum Gasteiger partial charge on any atom is 0.451 e. The first-order chi connectivity index (χ1) is 22.1. The molecule has 0 aliphatic carbocycles. The molecule has 2 fully saturated rings. The van der Waals surface area contributed by atoms with Crippen LogP contribution in [0.5, 0.6) is 11.5 Å². The second-order valence-electron chi connectivity index (χ2n) is 12.2. The van der Waals surface area contributed by atoms with Gasteiger partial charge in [-0.15, -0.1) is 10.2 Å². The van der Waals surface area contributed by atoms with E-state index in [0.29, 0.717) is 41.7 Å². The van der Waals surface area contributed by atoms with Crippen LogP contribution in [0.2, 0.25) is 5.02 Å². The van der Waals surface area contributed by atoms with Crippen molar-refractivity contribution in [2.45, 2.75) is 69.6 Å². The summed E-state index contributed by atoms with van der Waals surface area (Å²) in [7, 11) is 0. The molecule has 0 bridgehead atoms. The molecule has 1 N–H and O–H groups in total. The summed E-state index contributed by atoms with van der Waals surface area (Å²) in [5, 5.41) is 7.28. The first-order valence-electron chi connectivity index (χ1n) is 15.3. The molecule has 0 spiro atoms. The maximum atomic E-state index is 14.8. The number of halogens is 5. The summed E-state index contributed by atoms with van der Waals surface area (Å²) < 4.78 is 72.6. The number of nitrogens with one attached hydrogen (secondary N) is 1. The van der Waals surface area contributed by atoms with Crippen molar-refractivity contribution in [2.75, 3.05) is 19.7 Å². The number of alkyl halides is 3. The summed E-state index contributed by atoms with van der Waals surface area (Å²) >= 11 is 5.97. The minimum absolute atomic E-state index is 0.0253. The first kappa shape index (κ1) is 30.9. The molecular formula is C33H32ClF4N5O3. The Morgan fingerprint density at radius 2 is 1.89 bits per heavy atom. The van der Waals surface area contributed by atoms with Crippen LogP contribution in [-0.4, -0.2) is 50.9 Å². The number of pyridine rings is 1. The number of hydrogen-bond donors (Lipinski definition) is 1. The van der Waals surface area contributed by atoms with Crippen LogP contribution in [0.3, 0.4) is 0 Å². The normalized spacial score (nSPS) is 22.1. The van der Waals surface area contributed by atoms with Gasteiger partial charge in [0.1, 0.15) is 5.82 Å². The van der Waals surface area contributed by atoms with E-state index in [9.17, 15) is 17.6 Å². The zero-order valence-electron chi connectivity index (χ0n) is 25.0. The van der Waals surface area contributed by atoms with Crippen molar-refractivity contribution in [1.82, 2.24) is 25.1 Å². The smallest absolute Gasteiger partial charge is 0.444 e. The van der Waals surface area contributed by atoms with Crippen molar-refractivity contribution >= 4 is 11.6 Å². The molecule has 3 aliphatic heterocycles. The highest BCUT2D eigenvalue weighted by atomic mass is 35.5. The quantitative estimate of drug-likeness (QED) is 0.207. The highest BCUT2D eigenvalue weighted by molar-refractivity contribution is 6.30. The Kier molecular flexibility index (Phi) is 8.14. The summed E-state index contributed by atoms with van der Waals surface area (Å²) in [5.74, 6) is -1.50. The van der Waals surface area contributed by atoms with Gasteiger partial charge in [-0.1, -0.05) is 23.7 Å². The molecule has 5 heterocycles. The Hall–Kier alpha value is -3.74. The zero-order valence-corrected chi connectivity index (χ0v) is 25.8. The van der Waals surface area contributed by atoms with E-state index < -0.39 is 23.6 Å². The van der Waals surface area contributed by atoms with Crippen LogP contribution in [0, 0.1) is 5.82 Å². The third kappa shape index (κ3) is 6.17. The summed E-state index contributed by atoms with van der Waals surface area (Å²) in [5.41, 5.74) is 3.55. The number of aromatic nitrogens is 4. The van der Waals surface area contributed by atoms with Gasteiger partial charge in [-0.05, 0) is 80.6 Å². The van der Waals surface area contributed by atoms with Crippen LogP contribution in [-0.2, 0) is 29.7 Å². The summed E-state index contributed by atoms with van der Waals surface area (Å²) in [4.78, 5) is 9.31. The van der Waals surface area contributed by atoms with Crippen molar-refractivity contribution in [2.24, 2.45) is 0 Å². The lowest BCUT2D eigenvalue weighted by Crippen LogP contribution is -2.34. The van der Waals surface area contributed by atoms with Crippen LogP contribution in [0.25, 0.3) is 11.4 Å². The Bertz CT molecular complexity index is 1740. The second kappa shape index (κ2) is 12.1. The van der Waals surface area contributed by atoms with Gasteiger partial charge in [-0.3, -0.25) is 9.88 Å². The topological polar surface area (TPSA) is 85.4 Å². The number of rotatable bonds is 7. The number of fused-ring (bicyclic) bond motifs is 1. The zero-order chi connectivity index (χ0) is 32.1. The van der Waals surface area contributed by atoms with Gasteiger partial charge in [0.15, 0.2) is 17.3 Å². The molecule has 242 valence electrons. The number of likely N-dealkylation sites (tertiary alicyclic amines) is 1. The molecule has 7 rings (SSSR count). The van der Waals surface area contributed by atoms with Gasteiger partial charge in [-0.2, -0.15) is 13.2 Å². The second-order valence-corrected chi connectivity index (χ2v) is 12.6. The molecule has 2 aromatic carbocycles. The van der Waals surface area contributed by atoms with E-state index >= 15 is 0 Å². The third-order valence-electron chi connectivity index (χ3n) is 8.99. The number of hydrogen-bond acceptors (Lipinski definition) is 7. The van der Waals surface area contributed by atoms with E-state index in [1.54, 1.807) is 25.3 Å². The van der Waals surface area contributed by atoms with Gasteiger partial charge >= 0.3 is 6.18 Å². The van der Waals surface area contributed by atoms with Crippen LogP contribution in [0.4, 0.5) is 17.6 Å². The lowest BCUT2D eigenvalue weighted by molar-refractivity contribution is -0.144. The average Bonchev–Trinajstić information content (AvgIpc) is 3.78. The van der Waals surface area contributed by atoms with Crippen molar-refractivity contribution in [1.29, 1.82) is 0 Å². The fourth-order valence-corrected chi connectivity index (χ4v) is 6.77. The molecule has 2 saturated heterocycles. The van der Waals surface area contributed by atoms with Gasteiger partial charge in [0.05, 0.1) is 17.4 Å². The Labute approximate surface area is 268 Å². The van der Waals surface area contributed by atoms with Gasteiger partial charge in [-0.25, -0.2) is 4.39 Å². The van der Waals surface area contributed by atoms with Gasteiger partial charge in [0, 0.05) is 48.8 Å². The molecule has 0 saturated carbocycles. The molecule has 13 heteroatoms. The monoisotopic (exact) mass is 657 g/mol. The van der Waals surface area contributed by atoms with E-state index in [4.69, 9.17) is 30.8 Å². The predicted molar refractivity (Wildman–Crippen MR) is 161 cm³/mol. The fourth-order valence-electron chi connectivity index (χ4n) is 6.61. The molecule has 0 radical (unpaired) electrons. The van der Waals surface area contributed by atoms with E-state index in [1.165, 1.54) is 6.07 Å². The predicted octanol–water partition coefficient (Wildman–Crippen LogP) is 7.42. The van der Waals surface area contributed by atoms with Crippen molar-refractivity contribution in [3.8, 4) is 22.9 Å². The van der Waals surface area contributed by atoms with Crippen LogP contribution in [0.1, 0.15) is 66.7 Å². The molecule has 1 unspecified atom stereocenters. The first-order valence-corrected chi connectivity index (χ1v) is 15.7. The number of piperidine rings is 1. The maximum absolute atomic E-state index is 14.8. The van der Waals surface area contributed by atoms with Gasteiger partial charge in [0.25, 0.3) is 5.79 Å². The molecule has 46 heavy (non-hydrogen) atoms. The largest absolute Gasteiger partial charge is 0.451 e. The Morgan fingerprint density at radius 3 is 2.61 bits per heavy atom. The molecular weight excluding hydrogens is 626 g/mol. The Morgan fingerprint density at radius 1 is 1.07 bits per heavy atom. The summed E-state index contributed by atoms with van der Waals surface area (Å²) in [6.45, 7) is 4.61. The number of benzene rings is 2. The molecule has 0 amide bonds. The third-order valence-corrected chi connectivity index (χ3v) is 9.23. The van der Waals surface area contributed by atoms with Crippen molar-refractivity contribution in [3.63, 3.8) is 0 Å². The highest BCUT2D eigenvalue weighted by Crippen LogP contribution is 2.50. The molecule has 4 aromatic rings. The minimum atomic E-state index is -4.61. The lowest BCUT2D eigenvalue weighted by atomic mass is 9.88. The number of H-pyrrole nitrogens is 1. The van der Waals surface area contributed by atoms with Crippen LogP contribution in [0.15, 0.2) is 48.7 Å². The van der Waals surface area contributed by atoms with E-state index in [2.05, 4.69) is 20.1 Å². The number of ether oxygens (including phenoxy) is 3. The number of para-hydroxylation sites is 1. The van der Waals surface area contributed by atoms with E-state index in [0.717, 1.165) is 55.6 Å². The van der Waals surface area contributed by atoms with Crippen molar-refractivity contribution in [3.05, 3.63) is 87.7 Å². The highest BCUT2D eigenvalue weighted by Gasteiger charge is 2.43. The standard InChI is InChI=1S/C33H32ClF4N5O3/c1-32(25-8-7-22(34)16-26(25)35)45-28-6-2-5-24(29(28)46-32)19-9-11-43(12-10-19)18-27-20(15-23-4-3-13-44-23)14-21(17-39-27)30-40-31(42-41-30)33(36,37)38/h2,5-8,14,16-17,19,23H,3-4,9-13,15,18H2,1H3,(H,40,41,42)/t23?,32-/m0/s1.